The minimum Gasteiger partial charge on any atom is -0.491 e. The first-order valence-corrected chi connectivity index (χ1v) is 10.1. The molecule has 0 amide bonds. The Bertz CT molecular complexity index is 952. The van der Waals surface area contributed by atoms with Crippen molar-refractivity contribution in [1.82, 2.24) is 4.57 Å². The summed E-state index contributed by atoms with van der Waals surface area (Å²) in [6.45, 7) is 6.03. The maximum atomic E-state index is 15.3. The average molecular weight is 388 g/mol. The minimum absolute atomic E-state index is 0.0785. The second-order valence-corrected chi connectivity index (χ2v) is 8.17. The summed E-state index contributed by atoms with van der Waals surface area (Å²) < 4.78 is 22.8. The molecule has 4 rings (SSSR count). The fraction of sp³-hybridized carbons (Fsp3) is 0.571. The summed E-state index contributed by atoms with van der Waals surface area (Å²) in [6.07, 6.45) is 2.89. The maximum absolute atomic E-state index is 15.3. The first-order chi connectivity index (χ1) is 13.4. The fourth-order valence-corrected chi connectivity index (χ4v) is 4.42. The largest absolute Gasteiger partial charge is 0.491 e. The number of anilines is 1. The number of nitrogens with zero attached hydrogens (tertiary/aromatic N) is 2. The van der Waals surface area contributed by atoms with Crippen molar-refractivity contribution in [2.75, 3.05) is 31.1 Å². The second-order valence-electron chi connectivity index (χ2n) is 8.17. The van der Waals surface area contributed by atoms with Crippen LogP contribution in [0.5, 0.6) is 5.75 Å². The van der Waals surface area contributed by atoms with Gasteiger partial charge in [-0.05, 0) is 50.7 Å². The Morgan fingerprint density at radius 1 is 1.32 bits per heavy atom. The van der Waals surface area contributed by atoms with Crippen LogP contribution in [-0.2, 0) is 0 Å². The van der Waals surface area contributed by atoms with Crippen LogP contribution in [0.1, 0.15) is 37.8 Å². The lowest BCUT2D eigenvalue weighted by molar-refractivity contribution is 0.331. The second kappa shape index (κ2) is 7.37. The van der Waals surface area contributed by atoms with E-state index in [2.05, 4.69) is 4.90 Å². The zero-order valence-electron chi connectivity index (χ0n) is 16.6. The number of halogens is 1. The average Bonchev–Trinajstić information content (AvgIpc) is 3.36. The molecule has 1 aromatic carbocycles. The van der Waals surface area contributed by atoms with Gasteiger partial charge in [-0.3, -0.25) is 4.79 Å². The monoisotopic (exact) mass is 388 g/mol. The highest BCUT2D eigenvalue weighted by Gasteiger charge is 2.32. The highest BCUT2D eigenvalue weighted by atomic mass is 19.1. The summed E-state index contributed by atoms with van der Waals surface area (Å²) in [6, 6.07) is 3.25. The van der Waals surface area contributed by atoms with Crippen molar-refractivity contribution >= 4 is 16.6 Å². The van der Waals surface area contributed by atoms with Gasteiger partial charge in [-0.1, -0.05) is 0 Å². The van der Waals surface area contributed by atoms with Gasteiger partial charge in [0.1, 0.15) is 18.2 Å². The minimum atomic E-state index is -0.283. The Balaban J connectivity index is 1.89. The molecule has 1 aromatic heterocycles. The molecule has 28 heavy (non-hydrogen) atoms. The third kappa shape index (κ3) is 3.26. The third-order valence-corrected chi connectivity index (χ3v) is 6.03. The van der Waals surface area contributed by atoms with Crippen LogP contribution in [0.25, 0.3) is 10.9 Å². The number of aromatic nitrogens is 1. The summed E-state index contributed by atoms with van der Waals surface area (Å²) in [5, 5.41) is 0.640. The van der Waals surface area contributed by atoms with E-state index in [1.165, 1.54) is 12.1 Å². The van der Waals surface area contributed by atoms with Gasteiger partial charge in [0.15, 0.2) is 0 Å². The van der Waals surface area contributed by atoms with Gasteiger partial charge in [-0.15, -0.1) is 0 Å². The Morgan fingerprint density at radius 3 is 2.68 bits per heavy atom. The van der Waals surface area contributed by atoms with E-state index < -0.39 is 0 Å². The molecule has 2 fully saturated rings. The number of ether oxygens (including phenoxy) is 1. The molecule has 2 aromatic rings. The molecule has 1 saturated carbocycles. The Morgan fingerprint density at radius 2 is 2.07 bits per heavy atom. The van der Waals surface area contributed by atoms with E-state index in [0.29, 0.717) is 29.3 Å². The van der Waals surface area contributed by atoms with Gasteiger partial charge in [0, 0.05) is 43.2 Å². The number of fused-ring (bicyclic) bond motifs is 1. The number of hydrogen-bond acceptors (Lipinski definition) is 5. The quantitative estimate of drug-likeness (QED) is 0.793. The number of benzene rings is 1. The molecule has 4 N–H and O–H groups in total. The van der Waals surface area contributed by atoms with Crippen LogP contribution in [0, 0.1) is 18.7 Å². The number of hydrogen-bond donors (Lipinski definition) is 2. The van der Waals surface area contributed by atoms with Crippen LogP contribution in [0.3, 0.4) is 0 Å². The van der Waals surface area contributed by atoms with Gasteiger partial charge in [0.05, 0.1) is 11.2 Å². The van der Waals surface area contributed by atoms with E-state index in [-0.39, 0.29) is 30.1 Å². The van der Waals surface area contributed by atoms with Crippen molar-refractivity contribution in [3.63, 3.8) is 0 Å². The van der Waals surface area contributed by atoms with Crippen LogP contribution in [-0.4, -0.2) is 36.9 Å². The molecule has 1 aliphatic carbocycles. The first kappa shape index (κ1) is 19.2. The summed E-state index contributed by atoms with van der Waals surface area (Å²) in [4.78, 5) is 14.9. The smallest absolute Gasteiger partial charge is 0.255 e. The molecule has 1 saturated heterocycles. The molecule has 7 heteroatoms. The molecule has 2 atom stereocenters. The van der Waals surface area contributed by atoms with E-state index in [9.17, 15) is 4.79 Å². The van der Waals surface area contributed by atoms with Crippen molar-refractivity contribution in [1.29, 1.82) is 0 Å². The van der Waals surface area contributed by atoms with Crippen LogP contribution in [0.2, 0.25) is 0 Å². The Hall–Kier alpha value is -2.12. The topological polar surface area (TPSA) is 86.5 Å². The molecular weight excluding hydrogens is 359 g/mol. The van der Waals surface area contributed by atoms with E-state index in [1.807, 2.05) is 18.4 Å². The number of nitrogens with two attached hydrogens (primary N) is 2. The van der Waals surface area contributed by atoms with Crippen molar-refractivity contribution in [2.24, 2.45) is 17.4 Å². The molecule has 152 valence electrons. The number of rotatable bonds is 6. The molecule has 0 radical (unpaired) electrons. The maximum Gasteiger partial charge on any atom is 0.255 e. The van der Waals surface area contributed by atoms with Gasteiger partial charge in [-0.25, -0.2) is 4.39 Å². The van der Waals surface area contributed by atoms with Crippen LogP contribution in [0.4, 0.5) is 10.1 Å². The van der Waals surface area contributed by atoms with Gasteiger partial charge in [0.25, 0.3) is 5.56 Å². The molecule has 0 spiro atoms. The SMILES string of the molecule is Cc1c(N2CC[C@@H]([C@H](C)N)C2)c(F)cc2c(OCCN)cc(=O)n(C3CC3)c12. The summed E-state index contributed by atoms with van der Waals surface area (Å²) in [7, 11) is 0. The molecule has 0 unspecified atom stereocenters. The fourth-order valence-electron chi connectivity index (χ4n) is 4.42. The van der Waals surface area contributed by atoms with Gasteiger partial charge in [0.2, 0.25) is 0 Å². The Labute approximate surface area is 164 Å². The lowest BCUT2D eigenvalue weighted by atomic mass is 10.0. The standard InChI is InChI=1S/C21H29FN4O2/c1-12-20-16(9-17(22)21(12)25-7-5-14(11-25)13(2)24)18(28-8-6-23)10-19(27)26(20)15-3-4-15/h9-10,13-15H,3-8,11,23-24H2,1-2H3/t13-,14+/m0/s1. The lowest BCUT2D eigenvalue weighted by Crippen LogP contribution is -2.30. The predicted octanol–water partition coefficient (Wildman–Crippen LogP) is 2.29. The molecule has 2 heterocycles. The zero-order chi connectivity index (χ0) is 20.0. The van der Waals surface area contributed by atoms with Gasteiger partial charge in [-0.2, -0.15) is 0 Å². The summed E-state index contributed by atoms with van der Waals surface area (Å²) in [5.74, 6) is 0.471. The van der Waals surface area contributed by atoms with Gasteiger partial charge < -0.3 is 25.7 Å². The lowest BCUT2D eigenvalue weighted by Gasteiger charge is -2.25. The van der Waals surface area contributed by atoms with Gasteiger partial charge >= 0.3 is 0 Å². The van der Waals surface area contributed by atoms with E-state index in [0.717, 1.165) is 43.4 Å². The van der Waals surface area contributed by atoms with E-state index >= 15 is 4.39 Å². The number of aryl methyl sites for hydroxylation is 1. The molecule has 6 nitrogen and oxygen atoms in total. The number of pyridine rings is 1. The normalized spacial score (nSPS) is 20.8. The third-order valence-electron chi connectivity index (χ3n) is 6.03. The molecule has 0 bridgehead atoms. The van der Waals surface area contributed by atoms with E-state index in [4.69, 9.17) is 16.2 Å². The summed E-state index contributed by atoms with van der Waals surface area (Å²) >= 11 is 0. The molecule has 1 aliphatic heterocycles. The van der Waals surface area contributed by atoms with Crippen molar-refractivity contribution in [3.8, 4) is 5.75 Å². The van der Waals surface area contributed by atoms with Crippen LogP contribution in [0.15, 0.2) is 16.9 Å². The molecular formula is C21H29FN4O2. The zero-order valence-corrected chi connectivity index (χ0v) is 16.6. The highest BCUT2D eigenvalue weighted by Crippen LogP contribution is 2.42. The van der Waals surface area contributed by atoms with E-state index in [1.54, 1.807) is 0 Å². The van der Waals surface area contributed by atoms with Crippen molar-refractivity contribution < 1.29 is 9.13 Å². The summed E-state index contributed by atoms with van der Waals surface area (Å²) in [5.41, 5.74) is 13.7. The van der Waals surface area contributed by atoms with Crippen LogP contribution >= 0.6 is 0 Å². The predicted molar refractivity (Wildman–Crippen MR) is 110 cm³/mol. The highest BCUT2D eigenvalue weighted by molar-refractivity contribution is 5.92. The van der Waals surface area contributed by atoms with Crippen LogP contribution < -0.4 is 26.7 Å². The first-order valence-electron chi connectivity index (χ1n) is 10.1. The Kier molecular flexibility index (Phi) is 5.05. The molecule has 2 aliphatic rings. The van der Waals surface area contributed by atoms with Crippen molar-refractivity contribution in [3.05, 3.63) is 33.9 Å². The van der Waals surface area contributed by atoms with Crippen molar-refractivity contribution in [2.45, 2.75) is 45.2 Å².